The molecule has 0 saturated heterocycles. The average molecular weight is 210 g/mol. The molecule has 2 aliphatic carbocycles. The summed E-state index contributed by atoms with van der Waals surface area (Å²) < 4.78 is 0. The van der Waals surface area contributed by atoms with Crippen molar-refractivity contribution >= 4 is 6.29 Å². The molecule has 2 rings (SSSR count). The highest BCUT2D eigenvalue weighted by atomic mass is 16.3. The molecule has 2 saturated carbocycles. The van der Waals surface area contributed by atoms with Gasteiger partial charge in [0.2, 0.25) is 0 Å². The highest BCUT2D eigenvalue weighted by Gasteiger charge is 2.46. The van der Waals surface area contributed by atoms with E-state index in [-0.39, 0.29) is 12.0 Å². The summed E-state index contributed by atoms with van der Waals surface area (Å²) in [6, 6.07) is 0. The molecule has 0 radical (unpaired) electrons. The van der Waals surface area contributed by atoms with Crippen molar-refractivity contribution in [2.75, 3.05) is 0 Å². The lowest BCUT2D eigenvalue weighted by molar-refractivity contribution is -0.113. The van der Waals surface area contributed by atoms with Gasteiger partial charge in [0.25, 0.3) is 0 Å². The number of rotatable bonds is 2. The quantitative estimate of drug-likeness (QED) is 0.710. The highest BCUT2D eigenvalue weighted by Crippen LogP contribution is 2.50. The van der Waals surface area contributed by atoms with E-state index in [2.05, 4.69) is 6.92 Å². The number of aldehydes is 1. The van der Waals surface area contributed by atoms with Crippen LogP contribution in [0.4, 0.5) is 0 Å². The largest absolute Gasteiger partial charge is 0.393 e. The van der Waals surface area contributed by atoms with Crippen LogP contribution in [0.1, 0.15) is 39.5 Å². The number of aliphatic hydroxyl groups excluding tert-OH is 1. The van der Waals surface area contributed by atoms with Gasteiger partial charge in [-0.15, -0.1) is 0 Å². The van der Waals surface area contributed by atoms with Gasteiger partial charge in [-0.2, -0.15) is 0 Å². The summed E-state index contributed by atoms with van der Waals surface area (Å²) in [5.41, 5.74) is 0. The van der Waals surface area contributed by atoms with Crippen molar-refractivity contribution < 1.29 is 9.90 Å². The summed E-state index contributed by atoms with van der Waals surface area (Å²) in [7, 11) is 0. The fraction of sp³-hybridized carbons (Fsp3) is 0.923. The minimum Gasteiger partial charge on any atom is -0.393 e. The number of hydrogen-bond acceptors (Lipinski definition) is 2. The van der Waals surface area contributed by atoms with Crippen LogP contribution in [0.2, 0.25) is 0 Å². The molecule has 0 aliphatic heterocycles. The van der Waals surface area contributed by atoms with E-state index in [0.29, 0.717) is 23.7 Å². The summed E-state index contributed by atoms with van der Waals surface area (Å²) in [4.78, 5) is 10.9. The van der Waals surface area contributed by atoms with E-state index in [0.717, 1.165) is 32.0 Å². The number of carbonyl (C=O) groups is 1. The number of aliphatic hydroxyl groups is 1. The Morgan fingerprint density at radius 2 is 2.00 bits per heavy atom. The minimum atomic E-state index is -0.102. The van der Waals surface area contributed by atoms with Crippen LogP contribution in [0.25, 0.3) is 0 Å². The number of carbonyl (C=O) groups excluding carboxylic acids is 1. The van der Waals surface area contributed by atoms with Crippen LogP contribution in [-0.4, -0.2) is 17.5 Å². The monoisotopic (exact) mass is 210 g/mol. The molecule has 0 heterocycles. The predicted octanol–water partition coefficient (Wildman–Crippen LogP) is 2.25. The Labute approximate surface area is 92.1 Å². The van der Waals surface area contributed by atoms with Gasteiger partial charge < -0.3 is 9.90 Å². The second kappa shape index (κ2) is 4.25. The Balaban J connectivity index is 2.14. The molecule has 5 unspecified atom stereocenters. The first-order valence-electron chi connectivity index (χ1n) is 6.28. The van der Waals surface area contributed by atoms with Gasteiger partial charge in [-0.25, -0.2) is 0 Å². The molecule has 15 heavy (non-hydrogen) atoms. The molecule has 1 N–H and O–H groups in total. The highest BCUT2D eigenvalue weighted by molar-refractivity contribution is 5.53. The normalized spacial score (nSPS) is 47.3. The smallest absolute Gasteiger partial charge is 0.123 e. The first-order valence-corrected chi connectivity index (χ1v) is 6.28. The standard InChI is InChI=1S/C13H22O2/c1-8-3-6-12(15)11-5-4-10(13(8)11)9(2)7-14/h7-13,15H,3-6H2,1-2H3/t8?,9-,10?,11?,12?,13?/m1/s1. The lowest BCUT2D eigenvalue weighted by atomic mass is 9.68. The van der Waals surface area contributed by atoms with Crippen molar-refractivity contribution in [3.63, 3.8) is 0 Å². The third-order valence-electron chi connectivity index (χ3n) is 4.78. The van der Waals surface area contributed by atoms with Gasteiger partial charge >= 0.3 is 0 Å². The summed E-state index contributed by atoms with van der Waals surface area (Å²) in [5, 5.41) is 9.98. The summed E-state index contributed by atoms with van der Waals surface area (Å²) >= 11 is 0. The van der Waals surface area contributed by atoms with E-state index in [1.165, 1.54) is 0 Å². The fourth-order valence-electron chi connectivity index (χ4n) is 3.93. The SMILES string of the molecule is CC1CCC(O)C2CCC([C@H](C)C=O)C12. The van der Waals surface area contributed by atoms with Crippen LogP contribution in [0.5, 0.6) is 0 Å². The molecule has 0 aromatic heterocycles. The predicted molar refractivity (Wildman–Crippen MR) is 59.3 cm³/mol. The van der Waals surface area contributed by atoms with Crippen molar-refractivity contribution in [1.29, 1.82) is 0 Å². The molecule has 0 spiro atoms. The number of fused-ring (bicyclic) bond motifs is 1. The fourth-order valence-corrected chi connectivity index (χ4v) is 3.93. The second-order valence-corrected chi connectivity index (χ2v) is 5.60. The molecule has 6 atom stereocenters. The van der Waals surface area contributed by atoms with E-state index in [1.54, 1.807) is 0 Å². The van der Waals surface area contributed by atoms with Gasteiger partial charge in [0.15, 0.2) is 0 Å². The molecule has 2 aliphatic rings. The van der Waals surface area contributed by atoms with Crippen molar-refractivity contribution in [3.8, 4) is 0 Å². The first-order chi connectivity index (χ1) is 7.15. The molecular weight excluding hydrogens is 188 g/mol. The lowest BCUT2D eigenvalue weighted by Gasteiger charge is -2.39. The Morgan fingerprint density at radius 3 is 2.67 bits per heavy atom. The first kappa shape index (κ1) is 11.1. The zero-order valence-electron chi connectivity index (χ0n) is 9.73. The molecule has 2 fully saturated rings. The Bertz CT molecular complexity index is 239. The van der Waals surface area contributed by atoms with Gasteiger partial charge in [0, 0.05) is 5.92 Å². The van der Waals surface area contributed by atoms with Crippen molar-refractivity contribution in [3.05, 3.63) is 0 Å². The zero-order chi connectivity index (χ0) is 11.0. The number of hydrogen-bond donors (Lipinski definition) is 1. The zero-order valence-corrected chi connectivity index (χ0v) is 9.73. The molecule has 2 nitrogen and oxygen atoms in total. The summed E-state index contributed by atoms with van der Waals surface area (Å²) in [6.45, 7) is 4.33. The second-order valence-electron chi connectivity index (χ2n) is 5.60. The molecule has 0 aromatic carbocycles. The van der Waals surface area contributed by atoms with Gasteiger partial charge in [-0.3, -0.25) is 0 Å². The minimum absolute atomic E-state index is 0.102. The van der Waals surface area contributed by atoms with Gasteiger partial charge in [-0.05, 0) is 49.4 Å². The third-order valence-corrected chi connectivity index (χ3v) is 4.78. The van der Waals surface area contributed by atoms with E-state index in [1.807, 2.05) is 6.92 Å². The maximum atomic E-state index is 10.9. The van der Waals surface area contributed by atoms with Crippen LogP contribution in [0.15, 0.2) is 0 Å². The van der Waals surface area contributed by atoms with Crippen molar-refractivity contribution in [1.82, 2.24) is 0 Å². The average Bonchev–Trinajstić information content (AvgIpc) is 2.68. The van der Waals surface area contributed by atoms with Crippen molar-refractivity contribution in [2.45, 2.75) is 45.6 Å². The molecule has 0 amide bonds. The maximum absolute atomic E-state index is 10.9. The van der Waals surface area contributed by atoms with Crippen LogP contribution in [0, 0.1) is 29.6 Å². The van der Waals surface area contributed by atoms with Gasteiger partial charge in [-0.1, -0.05) is 13.8 Å². The van der Waals surface area contributed by atoms with Crippen LogP contribution in [0.3, 0.4) is 0 Å². The summed E-state index contributed by atoms with van der Waals surface area (Å²) in [5.74, 6) is 2.45. The molecular formula is C13H22O2. The van der Waals surface area contributed by atoms with Crippen molar-refractivity contribution in [2.24, 2.45) is 29.6 Å². The summed E-state index contributed by atoms with van der Waals surface area (Å²) in [6.07, 6.45) is 5.35. The lowest BCUT2D eigenvalue weighted by Crippen LogP contribution is -2.37. The molecule has 0 aromatic rings. The Morgan fingerprint density at radius 1 is 1.27 bits per heavy atom. The molecule has 86 valence electrons. The topological polar surface area (TPSA) is 37.3 Å². The van der Waals surface area contributed by atoms with E-state index < -0.39 is 0 Å². The van der Waals surface area contributed by atoms with E-state index in [9.17, 15) is 9.90 Å². The van der Waals surface area contributed by atoms with E-state index in [4.69, 9.17) is 0 Å². The third kappa shape index (κ3) is 1.84. The van der Waals surface area contributed by atoms with Gasteiger partial charge in [0.05, 0.1) is 6.10 Å². The maximum Gasteiger partial charge on any atom is 0.123 e. The Hall–Kier alpha value is -0.370. The molecule has 2 heteroatoms. The van der Waals surface area contributed by atoms with Crippen LogP contribution >= 0.6 is 0 Å². The van der Waals surface area contributed by atoms with Gasteiger partial charge in [0.1, 0.15) is 6.29 Å². The van der Waals surface area contributed by atoms with Crippen LogP contribution in [-0.2, 0) is 4.79 Å². The molecule has 0 bridgehead atoms. The van der Waals surface area contributed by atoms with Crippen LogP contribution < -0.4 is 0 Å². The van der Waals surface area contributed by atoms with E-state index >= 15 is 0 Å². The Kier molecular flexibility index (Phi) is 3.15.